The number of nitrogens with one attached hydrogen (secondary N) is 1. The summed E-state index contributed by atoms with van der Waals surface area (Å²) in [5, 5.41) is 9.09. The zero-order chi connectivity index (χ0) is 14.8. The summed E-state index contributed by atoms with van der Waals surface area (Å²) in [6.07, 6.45) is 1.87. The van der Waals surface area contributed by atoms with Gasteiger partial charge in [-0.25, -0.2) is 0 Å². The minimum Gasteiger partial charge on any atom is -0.316 e. The fourth-order valence-electron chi connectivity index (χ4n) is 2.77. The Hall–Kier alpha value is -2.20. The number of fused-ring (bicyclic) bond motifs is 1. The van der Waals surface area contributed by atoms with Gasteiger partial charge < -0.3 is 5.32 Å². The van der Waals surface area contributed by atoms with E-state index in [-0.39, 0.29) is 0 Å². The molecule has 3 aromatic rings. The van der Waals surface area contributed by atoms with Crippen LogP contribution in [0.3, 0.4) is 0 Å². The normalized spacial score (nSPS) is 11.2. The SMILES string of the molecule is CNCc1c(C)nn(Cc2ccnc3ccccc23)c1C. The van der Waals surface area contributed by atoms with Crippen molar-refractivity contribution < 1.29 is 0 Å². The van der Waals surface area contributed by atoms with E-state index in [1.165, 1.54) is 22.2 Å². The van der Waals surface area contributed by atoms with Gasteiger partial charge in [-0.1, -0.05) is 18.2 Å². The van der Waals surface area contributed by atoms with E-state index in [0.29, 0.717) is 0 Å². The molecule has 0 bridgehead atoms. The number of benzene rings is 1. The number of aromatic nitrogens is 3. The van der Waals surface area contributed by atoms with Crippen molar-refractivity contribution in [3.8, 4) is 0 Å². The van der Waals surface area contributed by atoms with Gasteiger partial charge in [-0.2, -0.15) is 5.10 Å². The highest BCUT2D eigenvalue weighted by molar-refractivity contribution is 5.81. The standard InChI is InChI=1S/C17H20N4/c1-12-16(10-18-3)13(2)21(20-12)11-14-8-9-19-17-7-5-4-6-15(14)17/h4-9,18H,10-11H2,1-3H3. The van der Waals surface area contributed by atoms with Crippen molar-refractivity contribution >= 4 is 10.9 Å². The molecule has 0 saturated heterocycles. The van der Waals surface area contributed by atoms with E-state index in [1.807, 2.05) is 25.4 Å². The van der Waals surface area contributed by atoms with Gasteiger partial charge in [0, 0.05) is 29.4 Å². The van der Waals surface area contributed by atoms with Gasteiger partial charge in [-0.15, -0.1) is 0 Å². The van der Waals surface area contributed by atoms with Gasteiger partial charge in [0.2, 0.25) is 0 Å². The van der Waals surface area contributed by atoms with Crippen molar-refractivity contribution in [2.75, 3.05) is 7.05 Å². The van der Waals surface area contributed by atoms with E-state index in [9.17, 15) is 0 Å². The van der Waals surface area contributed by atoms with Crippen LogP contribution in [-0.4, -0.2) is 21.8 Å². The Balaban J connectivity index is 2.01. The summed E-state index contributed by atoms with van der Waals surface area (Å²) in [7, 11) is 1.96. The quantitative estimate of drug-likeness (QED) is 0.799. The van der Waals surface area contributed by atoms with E-state index in [2.05, 4.69) is 52.1 Å². The Morgan fingerprint density at radius 1 is 1.14 bits per heavy atom. The average Bonchev–Trinajstić information content (AvgIpc) is 2.76. The first kappa shape index (κ1) is 13.8. The van der Waals surface area contributed by atoms with E-state index < -0.39 is 0 Å². The third-order valence-corrected chi connectivity index (χ3v) is 3.94. The van der Waals surface area contributed by atoms with Crippen LogP contribution >= 0.6 is 0 Å². The van der Waals surface area contributed by atoms with Crippen molar-refractivity contribution in [1.82, 2.24) is 20.1 Å². The molecular weight excluding hydrogens is 260 g/mol. The molecule has 0 fully saturated rings. The molecular formula is C17H20N4. The monoisotopic (exact) mass is 280 g/mol. The van der Waals surface area contributed by atoms with Gasteiger partial charge in [0.25, 0.3) is 0 Å². The molecule has 0 aliphatic heterocycles. The highest BCUT2D eigenvalue weighted by Gasteiger charge is 2.12. The second-order valence-corrected chi connectivity index (χ2v) is 5.32. The minimum absolute atomic E-state index is 0.777. The Labute approximate surface area is 124 Å². The summed E-state index contributed by atoms with van der Waals surface area (Å²) in [6, 6.07) is 10.3. The molecule has 21 heavy (non-hydrogen) atoms. The molecule has 2 aromatic heterocycles. The molecule has 1 aromatic carbocycles. The molecule has 0 amide bonds. The van der Waals surface area contributed by atoms with Gasteiger partial charge in [-0.05, 0) is 38.6 Å². The molecule has 0 unspecified atom stereocenters. The van der Waals surface area contributed by atoms with Gasteiger partial charge >= 0.3 is 0 Å². The predicted octanol–water partition coefficient (Wildman–Crippen LogP) is 2.82. The Morgan fingerprint density at radius 3 is 2.76 bits per heavy atom. The highest BCUT2D eigenvalue weighted by Crippen LogP contribution is 2.19. The van der Waals surface area contributed by atoms with E-state index in [1.54, 1.807) is 0 Å². The van der Waals surface area contributed by atoms with Crippen molar-refractivity contribution in [3.05, 3.63) is 59.0 Å². The van der Waals surface area contributed by atoms with Crippen LogP contribution in [0.5, 0.6) is 0 Å². The zero-order valence-corrected chi connectivity index (χ0v) is 12.7. The summed E-state index contributed by atoms with van der Waals surface area (Å²) >= 11 is 0. The maximum atomic E-state index is 4.69. The third-order valence-electron chi connectivity index (χ3n) is 3.94. The molecule has 4 heteroatoms. The van der Waals surface area contributed by atoms with Gasteiger partial charge in [0.1, 0.15) is 0 Å². The Kier molecular flexibility index (Phi) is 3.71. The molecule has 1 N–H and O–H groups in total. The fraction of sp³-hybridized carbons (Fsp3) is 0.294. The first-order chi connectivity index (χ1) is 10.2. The minimum atomic E-state index is 0.777. The topological polar surface area (TPSA) is 42.7 Å². The lowest BCUT2D eigenvalue weighted by molar-refractivity contribution is 0.659. The lowest BCUT2D eigenvalue weighted by atomic mass is 10.1. The van der Waals surface area contributed by atoms with Crippen LogP contribution in [0.4, 0.5) is 0 Å². The lowest BCUT2D eigenvalue weighted by Gasteiger charge is -2.08. The average molecular weight is 280 g/mol. The summed E-state index contributed by atoms with van der Waals surface area (Å²) in [4.78, 5) is 4.42. The van der Waals surface area contributed by atoms with Crippen LogP contribution < -0.4 is 5.32 Å². The van der Waals surface area contributed by atoms with Crippen LogP contribution in [0.1, 0.15) is 22.5 Å². The smallest absolute Gasteiger partial charge is 0.0705 e. The van der Waals surface area contributed by atoms with Crippen LogP contribution in [0, 0.1) is 13.8 Å². The predicted molar refractivity (Wildman–Crippen MR) is 85.3 cm³/mol. The van der Waals surface area contributed by atoms with Gasteiger partial charge in [-0.3, -0.25) is 9.67 Å². The van der Waals surface area contributed by atoms with E-state index >= 15 is 0 Å². The number of nitrogens with zero attached hydrogens (tertiary/aromatic N) is 3. The summed E-state index contributed by atoms with van der Waals surface area (Å²) in [5.41, 5.74) is 5.90. The van der Waals surface area contributed by atoms with E-state index in [0.717, 1.165) is 24.3 Å². The second-order valence-electron chi connectivity index (χ2n) is 5.32. The summed E-state index contributed by atoms with van der Waals surface area (Å²) in [5.74, 6) is 0. The zero-order valence-electron chi connectivity index (χ0n) is 12.7. The highest BCUT2D eigenvalue weighted by atomic mass is 15.3. The maximum absolute atomic E-state index is 4.69. The number of hydrogen-bond acceptors (Lipinski definition) is 3. The number of hydrogen-bond donors (Lipinski definition) is 1. The molecule has 4 nitrogen and oxygen atoms in total. The van der Waals surface area contributed by atoms with Crippen molar-refractivity contribution in [2.24, 2.45) is 0 Å². The fourth-order valence-corrected chi connectivity index (χ4v) is 2.77. The first-order valence-corrected chi connectivity index (χ1v) is 7.21. The van der Waals surface area contributed by atoms with Crippen molar-refractivity contribution in [1.29, 1.82) is 0 Å². The molecule has 3 rings (SSSR count). The van der Waals surface area contributed by atoms with Crippen LogP contribution in [0.2, 0.25) is 0 Å². The number of rotatable bonds is 4. The second kappa shape index (κ2) is 5.66. The third kappa shape index (κ3) is 2.54. The molecule has 2 heterocycles. The molecule has 0 spiro atoms. The molecule has 0 aliphatic rings. The molecule has 0 radical (unpaired) electrons. The van der Waals surface area contributed by atoms with E-state index in [4.69, 9.17) is 0 Å². The van der Waals surface area contributed by atoms with Crippen molar-refractivity contribution in [2.45, 2.75) is 26.9 Å². The number of aryl methyl sites for hydroxylation is 1. The molecule has 108 valence electrons. The maximum Gasteiger partial charge on any atom is 0.0705 e. The number of para-hydroxylation sites is 1. The Morgan fingerprint density at radius 2 is 1.95 bits per heavy atom. The summed E-state index contributed by atoms with van der Waals surface area (Å²) < 4.78 is 2.09. The number of pyridine rings is 1. The van der Waals surface area contributed by atoms with Gasteiger partial charge in [0.15, 0.2) is 0 Å². The Bertz CT molecular complexity index is 768. The first-order valence-electron chi connectivity index (χ1n) is 7.21. The lowest BCUT2D eigenvalue weighted by Crippen LogP contribution is -2.08. The summed E-state index contributed by atoms with van der Waals surface area (Å²) in [6.45, 7) is 5.84. The van der Waals surface area contributed by atoms with Crippen LogP contribution in [0.25, 0.3) is 10.9 Å². The molecule has 0 atom stereocenters. The van der Waals surface area contributed by atoms with Crippen LogP contribution in [-0.2, 0) is 13.1 Å². The largest absolute Gasteiger partial charge is 0.316 e. The molecule has 0 aliphatic carbocycles. The van der Waals surface area contributed by atoms with Crippen LogP contribution in [0.15, 0.2) is 36.5 Å². The van der Waals surface area contributed by atoms with Crippen molar-refractivity contribution in [3.63, 3.8) is 0 Å². The van der Waals surface area contributed by atoms with Gasteiger partial charge in [0.05, 0.1) is 17.8 Å². The molecule has 0 saturated carbocycles.